The molecule has 0 radical (unpaired) electrons. The zero-order chi connectivity index (χ0) is 20.4. The van der Waals surface area contributed by atoms with Crippen LogP contribution in [0.5, 0.6) is 0 Å². The second kappa shape index (κ2) is 7.67. The standard InChI is InChI=1S/C24H14ClNO3/c25-22-9-7-18(24(27)28)13-21(22)23-10-8-20(29-23)12-19(14-26)17-6-5-15-3-1-2-4-16(15)11-17/h1-13H,(H,27,28)/b19-12-. The normalized spacial score (nSPS) is 11.4. The number of rotatable bonds is 4. The van der Waals surface area contributed by atoms with Crippen LogP contribution in [0.15, 0.2) is 77.2 Å². The zero-order valence-electron chi connectivity index (χ0n) is 15.1. The summed E-state index contributed by atoms with van der Waals surface area (Å²) < 4.78 is 5.82. The highest BCUT2D eigenvalue weighted by molar-refractivity contribution is 6.33. The van der Waals surface area contributed by atoms with Gasteiger partial charge in [-0.05, 0) is 58.8 Å². The first-order valence-corrected chi connectivity index (χ1v) is 9.17. The van der Waals surface area contributed by atoms with Gasteiger partial charge in [-0.25, -0.2) is 4.79 Å². The van der Waals surface area contributed by atoms with Crippen LogP contribution in [0, 0.1) is 11.3 Å². The minimum absolute atomic E-state index is 0.117. The number of furan rings is 1. The molecule has 4 aromatic rings. The molecule has 0 bridgehead atoms. The summed E-state index contributed by atoms with van der Waals surface area (Å²) in [5.41, 5.74) is 1.85. The number of carboxylic acids is 1. The van der Waals surface area contributed by atoms with Crippen LogP contribution in [0.25, 0.3) is 33.7 Å². The number of carboxylic acid groups (broad SMARTS) is 1. The molecule has 0 aliphatic rings. The molecule has 1 aromatic heterocycles. The number of carbonyl (C=O) groups is 1. The molecule has 1 N–H and O–H groups in total. The average Bonchev–Trinajstić information content (AvgIpc) is 3.20. The van der Waals surface area contributed by atoms with Crippen LogP contribution in [-0.4, -0.2) is 11.1 Å². The van der Waals surface area contributed by atoms with Crippen LogP contribution in [0.3, 0.4) is 0 Å². The monoisotopic (exact) mass is 399 g/mol. The Morgan fingerprint density at radius 2 is 1.72 bits per heavy atom. The number of nitrogens with zero attached hydrogens (tertiary/aromatic N) is 1. The maximum Gasteiger partial charge on any atom is 0.335 e. The molecular formula is C24H14ClNO3. The Labute approximate surface area is 171 Å². The van der Waals surface area contributed by atoms with Crippen molar-refractivity contribution in [2.24, 2.45) is 0 Å². The molecule has 3 aromatic carbocycles. The Kier molecular flexibility index (Phi) is 4.90. The van der Waals surface area contributed by atoms with Gasteiger partial charge >= 0.3 is 5.97 Å². The second-order valence-corrected chi connectivity index (χ2v) is 6.84. The predicted octanol–water partition coefficient (Wildman–Crippen LogP) is 6.52. The van der Waals surface area contributed by atoms with Gasteiger partial charge in [0.2, 0.25) is 0 Å². The fourth-order valence-corrected chi connectivity index (χ4v) is 3.31. The Morgan fingerprint density at radius 3 is 2.48 bits per heavy atom. The van der Waals surface area contributed by atoms with Crippen LogP contribution in [0.2, 0.25) is 5.02 Å². The molecule has 4 nitrogen and oxygen atoms in total. The van der Waals surface area contributed by atoms with Gasteiger partial charge in [0.1, 0.15) is 11.5 Å². The van der Waals surface area contributed by atoms with Gasteiger partial charge in [0.15, 0.2) is 0 Å². The van der Waals surface area contributed by atoms with Crippen LogP contribution < -0.4 is 0 Å². The van der Waals surface area contributed by atoms with E-state index >= 15 is 0 Å². The first-order valence-electron chi connectivity index (χ1n) is 8.79. The molecule has 0 atom stereocenters. The van der Waals surface area contributed by atoms with Gasteiger partial charge in [-0.1, -0.05) is 48.0 Å². The van der Waals surface area contributed by atoms with Gasteiger partial charge < -0.3 is 9.52 Å². The van der Waals surface area contributed by atoms with Crippen LogP contribution >= 0.6 is 11.6 Å². The van der Waals surface area contributed by atoms with Crippen molar-refractivity contribution in [1.29, 1.82) is 5.26 Å². The molecule has 0 unspecified atom stereocenters. The lowest BCUT2D eigenvalue weighted by Gasteiger charge is -2.03. The summed E-state index contributed by atoms with van der Waals surface area (Å²) in [6.07, 6.45) is 1.66. The van der Waals surface area contributed by atoms with E-state index in [1.807, 2.05) is 42.5 Å². The summed E-state index contributed by atoms with van der Waals surface area (Å²) in [6, 6.07) is 23.8. The highest BCUT2D eigenvalue weighted by atomic mass is 35.5. The SMILES string of the molecule is N#C/C(=C/c1ccc(-c2cc(C(=O)O)ccc2Cl)o1)c1ccc2ccccc2c1. The van der Waals surface area contributed by atoms with Crippen LogP contribution in [-0.2, 0) is 0 Å². The summed E-state index contributed by atoms with van der Waals surface area (Å²) in [5, 5.41) is 21.3. The summed E-state index contributed by atoms with van der Waals surface area (Å²) >= 11 is 6.21. The number of halogens is 1. The van der Waals surface area contributed by atoms with Crippen molar-refractivity contribution in [1.82, 2.24) is 0 Å². The van der Waals surface area contributed by atoms with Gasteiger partial charge in [-0.2, -0.15) is 5.26 Å². The highest BCUT2D eigenvalue weighted by Crippen LogP contribution is 2.32. The lowest BCUT2D eigenvalue weighted by molar-refractivity contribution is 0.0697. The molecule has 0 amide bonds. The summed E-state index contributed by atoms with van der Waals surface area (Å²) in [6.45, 7) is 0. The third kappa shape index (κ3) is 3.77. The van der Waals surface area contributed by atoms with Crippen molar-refractivity contribution >= 4 is 40.0 Å². The molecule has 140 valence electrons. The number of allylic oxidation sites excluding steroid dienone is 1. The number of benzene rings is 3. The van der Waals surface area contributed by atoms with E-state index in [4.69, 9.17) is 16.0 Å². The van der Waals surface area contributed by atoms with Gasteiger partial charge in [0.05, 0.1) is 22.2 Å². The highest BCUT2D eigenvalue weighted by Gasteiger charge is 2.13. The lowest BCUT2D eigenvalue weighted by atomic mass is 10.0. The van der Waals surface area contributed by atoms with E-state index in [1.54, 1.807) is 18.2 Å². The van der Waals surface area contributed by atoms with E-state index in [9.17, 15) is 15.2 Å². The maximum atomic E-state index is 11.2. The molecule has 1 heterocycles. The van der Waals surface area contributed by atoms with Crippen LogP contribution in [0.1, 0.15) is 21.7 Å². The van der Waals surface area contributed by atoms with Crippen molar-refractivity contribution in [2.45, 2.75) is 0 Å². The number of aromatic carboxylic acids is 1. The molecule has 0 aliphatic heterocycles. The van der Waals surface area contributed by atoms with Gasteiger partial charge in [0, 0.05) is 5.56 Å². The molecule has 5 heteroatoms. The van der Waals surface area contributed by atoms with E-state index in [-0.39, 0.29) is 5.56 Å². The minimum atomic E-state index is -1.04. The molecule has 29 heavy (non-hydrogen) atoms. The topological polar surface area (TPSA) is 74.2 Å². The number of hydrogen-bond acceptors (Lipinski definition) is 3. The average molecular weight is 400 g/mol. The van der Waals surface area contributed by atoms with E-state index < -0.39 is 5.97 Å². The first kappa shape index (κ1) is 18.5. The van der Waals surface area contributed by atoms with E-state index in [0.29, 0.717) is 27.7 Å². The van der Waals surface area contributed by atoms with Crippen molar-refractivity contribution in [3.63, 3.8) is 0 Å². The van der Waals surface area contributed by atoms with E-state index in [2.05, 4.69) is 6.07 Å². The summed E-state index contributed by atoms with van der Waals surface area (Å²) in [5.74, 6) is -0.140. The molecule has 0 saturated carbocycles. The van der Waals surface area contributed by atoms with E-state index in [1.165, 1.54) is 18.2 Å². The molecular weight excluding hydrogens is 386 g/mol. The smallest absolute Gasteiger partial charge is 0.335 e. The third-order valence-electron chi connectivity index (χ3n) is 4.57. The largest absolute Gasteiger partial charge is 0.478 e. The van der Waals surface area contributed by atoms with Gasteiger partial charge in [0.25, 0.3) is 0 Å². The van der Waals surface area contributed by atoms with E-state index in [0.717, 1.165) is 16.3 Å². The quantitative estimate of drug-likeness (QED) is 0.396. The Balaban J connectivity index is 1.71. The number of fused-ring (bicyclic) bond motifs is 1. The number of hydrogen-bond donors (Lipinski definition) is 1. The third-order valence-corrected chi connectivity index (χ3v) is 4.90. The fraction of sp³-hybridized carbons (Fsp3) is 0. The molecule has 0 fully saturated rings. The van der Waals surface area contributed by atoms with Gasteiger partial charge in [-0.3, -0.25) is 0 Å². The summed E-state index contributed by atoms with van der Waals surface area (Å²) in [4.78, 5) is 11.2. The van der Waals surface area contributed by atoms with Crippen molar-refractivity contribution < 1.29 is 14.3 Å². The molecule has 0 aliphatic carbocycles. The Bertz CT molecular complexity index is 1310. The molecule has 0 spiro atoms. The number of nitriles is 1. The Morgan fingerprint density at radius 1 is 0.966 bits per heavy atom. The summed E-state index contributed by atoms with van der Waals surface area (Å²) in [7, 11) is 0. The minimum Gasteiger partial charge on any atom is -0.478 e. The molecule has 0 saturated heterocycles. The van der Waals surface area contributed by atoms with Crippen molar-refractivity contribution in [2.75, 3.05) is 0 Å². The molecule has 4 rings (SSSR count). The Hall–Kier alpha value is -3.81. The lowest BCUT2D eigenvalue weighted by Crippen LogP contribution is -1.96. The van der Waals surface area contributed by atoms with Gasteiger partial charge in [-0.15, -0.1) is 0 Å². The van der Waals surface area contributed by atoms with Crippen LogP contribution in [0.4, 0.5) is 0 Å². The maximum absolute atomic E-state index is 11.2. The van der Waals surface area contributed by atoms with Crippen molar-refractivity contribution in [3.8, 4) is 17.4 Å². The predicted molar refractivity (Wildman–Crippen MR) is 114 cm³/mol. The fourth-order valence-electron chi connectivity index (χ4n) is 3.10. The first-order chi connectivity index (χ1) is 14.0. The zero-order valence-corrected chi connectivity index (χ0v) is 15.9. The van der Waals surface area contributed by atoms with Crippen molar-refractivity contribution in [3.05, 3.63) is 94.7 Å². The second-order valence-electron chi connectivity index (χ2n) is 6.43.